The highest BCUT2D eigenvalue weighted by molar-refractivity contribution is 5.28. The van der Waals surface area contributed by atoms with Gasteiger partial charge in [0.2, 0.25) is 0 Å². The van der Waals surface area contributed by atoms with Gasteiger partial charge in [0, 0.05) is 0 Å². The highest BCUT2D eigenvalue weighted by atomic mass is 16.6. The fourth-order valence-electron chi connectivity index (χ4n) is 3.40. The number of hydrogen-bond donors (Lipinski definition) is 0. The summed E-state index contributed by atoms with van der Waals surface area (Å²) < 4.78 is 11.2. The van der Waals surface area contributed by atoms with E-state index in [0.717, 1.165) is 12.4 Å². The van der Waals surface area contributed by atoms with Gasteiger partial charge in [-0.15, -0.1) is 0 Å². The van der Waals surface area contributed by atoms with E-state index in [-0.39, 0.29) is 5.60 Å². The lowest BCUT2D eigenvalue weighted by molar-refractivity contribution is 0.202. The van der Waals surface area contributed by atoms with E-state index in [1.54, 1.807) is 0 Å². The number of epoxide rings is 1. The van der Waals surface area contributed by atoms with Crippen LogP contribution in [0.25, 0.3) is 0 Å². The van der Waals surface area contributed by atoms with Gasteiger partial charge in [0.1, 0.15) is 18.0 Å². The third kappa shape index (κ3) is 9.62. The zero-order chi connectivity index (χ0) is 18.5. The molecule has 0 spiro atoms. The van der Waals surface area contributed by atoms with Crippen LogP contribution in [0.5, 0.6) is 5.75 Å². The molecule has 0 radical (unpaired) electrons. The molecule has 0 N–H and O–H groups in total. The normalized spacial score (nSPS) is 18.8. The van der Waals surface area contributed by atoms with E-state index in [4.69, 9.17) is 9.47 Å². The topological polar surface area (TPSA) is 21.8 Å². The molecule has 1 unspecified atom stereocenters. The Morgan fingerprint density at radius 2 is 1.46 bits per heavy atom. The van der Waals surface area contributed by atoms with Crippen LogP contribution in [0.15, 0.2) is 24.3 Å². The van der Waals surface area contributed by atoms with Crippen LogP contribution in [0, 0.1) is 0 Å². The van der Waals surface area contributed by atoms with Crippen molar-refractivity contribution in [3.05, 3.63) is 29.8 Å². The third-order valence-corrected chi connectivity index (χ3v) is 5.40. The van der Waals surface area contributed by atoms with Crippen LogP contribution in [0.3, 0.4) is 0 Å². The molecule has 0 amide bonds. The van der Waals surface area contributed by atoms with Crippen LogP contribution in [-0.4, -0.2) is 18.8 Å². The van der Waals surface area contributed by atoms with E-state index < -0.39 is 0 Å². The lowest BCUT2D eigenvalue weighted by atomic mass is 10.0. The summed E-state index contributed by atoms with van der Waals surface area (Å²) in [5.74, 6) is 0.984. The molecule has 1 heterocycles. The minimum atomic E-state index is -0.0362. The standard InChI is InChI=1S/C24H40O2/c1-3-4-5-6-7-8-9-10-11-12-13-14-16-22-17-15-18-23(19-22)25-20-24(2)21-26-24/h15,17-19H,3-14,16,20-21H2,1-2H3. The molecular formula is C24H40O2. The maximum absolute atomic E-state index is 5.86. The molecule has 1 aliphatic heterocycles. The molecule has 2 nitrogen and oxygen atoms in total. The Kier molecular flexibility index (Phi) is 10.1. The van der Waals surface area contributed by atoms with Crippen molar-refractivity contribution in [2.45, 2.75) is 103 Å². The summed E-state index contributed by atoms with van der Waals surface area (Å²) >= 11 is 0. The number of aryl methyl sites for hydroxylation is 1. The van der Waals surface area contributed by atoms with E-state index >= 15 is 0 Å². The zero-order valence-corrected chi connectivity index (χ0v) is 17.2. The molecule has 2 rings (SSSR count). The molecule has 1 aromatic rings. The molecule has 26 heavy (non-hydrogen) atoms. The molecule has 1 aliphatic rings. The molecule has 0 saturated carbocycles. The first-order valence-corrected chi connectivity index (χ1v) is 11.1. The number of benzene rings is 1. The highest BCUT2D eigenvalue weighted by Crippen LogP contribution is 2.27. The molecular weight excluding hydrogens is 320 g/mol. The first-order valence-electron chi connectivity index (χ1n) is 11.1. The van der Waals surface area contributed by atoms with E-state index in [2.05, 4.69) is 38.1 Å². The summed E-state index contributed by atoms with van der Waals surface area (Å²) in [4.78, 5) is 0. The number of rotatable bonds is 16. The lowest BCUT2D eigenvalue weighted by Gasteiger charge is -2.10. The van der Waals surface area contributed by atoms with Crippen molar-refractivity contribution < 1.29 is 9.47 Å². The maximum Gasteiger partial charge on any atom is 0.123 e. The quantitative estimate of drug-likeness (QED) is 0.232. The Bertz CT molecular complexity index is 479. The second-order valence-corrected chi connectivity index (χ2v) is 8.31. The minimum Gasteiger partial charge on any atom is -0.490 e. The van der Waals surface area contributed by atoms with E-state index in [9.17, 15) is 0 Å². The van der Waals surface area contributed by atoms with Crippen molar-refractivity contribution >= 4 is 0 Å². The summed E-state index contributed by atoms with van der Waals surface area (Å²) in [5, 5.41) is 0. The van der Waals surface area contributed by atoms with Crippen LogP contribution in [0.1, 0.15) is 96.5 Å². The van der Waals surface area contributed by atoms with Crippen molar-refractivity contribution in [3.8, 4) is 5.75 Å². The summed E-state index contributed by atoms with van der Waals surface area (Å²) in [6.07, 6.45) is 18.0. The molecule has 1 atom stereocenters. The molecule has 1 aromatic carbocycles. The average molecular weight is 361 g/mol. The minimum absolute atomic E-state index is 0.0362. The smallest absolute Gasteiger partial charge is 0.123 e. The van der Waals surface area contributed by atoms with Crippen molar-refractivity contribution in [1.82, 2.24) is 0 Å². The Balaban J connectivity index is 1.43. The van der Waals surface area contributed by atoms with Crippen LogP contribution in [0.2, 0.25) is 0 Å². The summed E-state index contributed by atoms with van der Waals surface area (Å²) in [7, 11) is 0. The predicted octanol–water partition coefficient (Wildman–Crippen LogP) is 7.10. The van der Waals surface area contributed by atoms with E-state index in [1.807, 2.05) is 0 Å². The Hall–Kier alpha value is -1.02. The van der Waals surface area contributed by atoms with Crippen molar-refractivity contribution in [2.24, 2.45) is 0 Å². The van der Waals surface area contributed by atoms with Crippen molar-refractivity contribution in [2.75, 3.05) is 13.2 Å². The Labute approximate surface area is 161 Å². The van der Waals surface area contributed by atoms with Gasteiger partial charge in [0.05, 0.1) is 6.61 Å². The van der Waals surface area contributed by atoms with Gasteiger partial charge in [-0.25, -0.2) is 0 Å². The zero-order valence-electron chi connectivity index (χ0n) is 17.2. The highest BCUT2D eigenvalue weighted by Gasteiger charge is 2.40. The predicted molar refractivity (Wildman–Crippen MR) is 111 cm³/mol. The Morgan fingerprint density at radius 1 is 0.885 bits per heavy atom. The van der Waals surface area contributed by atoms with E-state index in [0.29, 0.717) is 6.61 Å². The van der Waals surface area contributed by atoms with Gasteiger partial charge < -0.3 is 9.47 Å². The van der Waals surface area contributed by atoms with Gasteiger partial charge >= 0.3 is 0 Å². The molecule has 148 valence electrons. The van der Waals surface area contributed by atoms with E-state index in [1.165, 1.54) is 89.0 Å². The van der Waals surface area contributed by atoms with Gasteiger partial charge in [-0.1, -0.05) is 89.7 Å². The summed E-state index contributed by atoms with van der Waals surface area (Å²) in [6.45, 7) is 5.87. The largest absolute Gasteiger partial charge is 0.490 e. The first-order chi connectivity index (χ1) is 12.7. The van der Waals surface area contributed by atoms with Crippen LogP contribution < -0.4 is 4.74 Å². The fraction of sp³-hybridized carbons (Fsp3) is 0.750. The molecule has 1 saturated heterocycles. The van der Waals surface area contributed by atoms with Crippen molar-refractivity contribution in [1.29, 1.82) is 0 Å². The SMILES string of the molecule is CCCCCCCCCCCCCCc1cccc(OCC2(C)CO2)c1. The number of ether oxygens (including phenoxy) is 2. The van der Waals surface area contributed by atoms with Gasteiger partial charge in [0.25, 0.3) is 0 Å². The second kappa shape index (κ2) is 12.4. The number of hydrogen-bond acceptors (Lipinski definition) is 2. The maximum atomic E-state index is 5.86. The molecule has 0 bridgehead atoms. The first kappa shape index (κ1) is 21.3. The third-order valence-electron chi connectivity index (χ3n) is 5.40. The van der Waals surface area contributed by atoms with Crippen LogP contribution >= 0.6 is 0 Å². The average Bonchev–Trinajstić information content (AvgIpc) is 3.39. The number of unbranched alkanes of at least 4 members (excludes halogenated alkanes) is 11. The fourth-order valence-corrected chi connectivity index (χ4v) is 3.40. The van der Waals surface area contributed by atoms with Crippen LogP contribution in [-0.2, 0) is 11.2 Å². The molecule has 1 fully saturated rings. The molecule has 0 aliphatic carbocycles. The van der Waals surface area contributed by atoms with Gasteiger partial charge in [0.15, 0.2) is 0 Å². The summed E-state index contributed by atoms with van der Waals surface area (Å²) in [6, 6.07) is 8.59. The second-order valence-electron chi connectivity index (χ2n) is 8.31. The lowest BCUT2D eigenvalue weighted by Crippen LogP contribution is -2.16. The Morgan fingerprint density at radius 3 is 2.04 bits per heavy atom. The van der Waals surface area contributed by atoms with Gasteiger partial charge in [-0.3, -0.25) is 0 Å². The van der Waals surface area contributed by atoms with Gasteiger partial charge in [-0.2, -0.15) is 0 Å². The summed E-state index contributed by atoms with van der Waals surface area (Å²) in [5.41, 5.74) is 1.36. The molecule has 0 aromatic heterocycles. The monoisotopic (exact) mass is 360 g/mol. The van der Waals surface area contributed by atoms with Gasteiger partial charge in [-0.05, 0) is 37.5 Å². The van der Waals surface area contributed by atoms with Crippen LogP contribution in [0.4, 0.5) is 0 Å². The van der Waals surface area contributed by atoms with Crippen molar-refractivity contribution in [3.63, 3.8) is 0 Å². The molecule has 2 heteroatoms.